The van der Waals surface area contributed by atoms with Gasteiger partial charge in [-0.2, -0.15) is 0 Å². The number of anilines is 1. The quantitative estimate of drug-likeness (QED) is 0.906. The summed E-state index contributed by atoms with van der Waals surface area (Å²) in [7, 11) is 0. The van der Waals surface area contributed by atoms with Crippen molar-refractivity contribution in [1.29, 1.82) is 0 Å². The molecule has 7 nitrogen and oxygen atoms in total. The largest absolute Gasteiger partial charge is 0.360 e. The minimum atomic E-state index is -0.345. The lowest BCUT2D eigenvalue weighted by Crippen LogP contribution is -2.50. The van der Waals surface area contributed by atoms with Gasteiger partial charge in [-0.05, 0) is 31.9 Å². The number of benzene rings is 1. The van der Waals surface area contributed by atoms with Gasteiger partial charge in [-0.1, -0.05) is 23.4 Å². The number of hydrogen-bond donors (Lipinski definition) is 2. The lowest BCUT2D eigenvalue weighted by molar-refractivity contribution is 0.0698. The molecule has 1 aromatic heterocycles. The average molecular weight is 328 g/mol. The van der Waals surface area contributed by atoms with E-state index in [1.54, 1.807) is 30.0 Å². The number of nitrogens with one attached hydrogen (secondary N) is 2. The SMILES string of the molecule is Cc1cc(NC(=O)N[C@H]2CCCN(C(=O)c3ccccc3)C2)no1. The maximum atomic E-state index is 12.5. The van der Waals surface area contributed by atoms with Gasteiger partial charge < -0.3 is 14.7 Å². The maximum Gasteiger partial charge on any atom is 0.320 e. The molecule has 0 unspecified atom stereocenters. The molecule has 1 aliphatic heterocycles. The van der Waals surface area contributed by atoms with E-state index in [1.807, 2.05) is 18.2 Å². The molecule has 0 radical (unpaired) electrons. The molecule has 0 saturated carbocycles. The Hall–Kier alpha value is -2.83. The Morgan fingerprint density at radius 2 is 2.08 bits per heavy atom. The molecule has 2 aromatic rings. The third-order valence-electron chi connectivity index (χ3n) is 3.93. The Bertz CT molecular complexity index is 714. The number of likely N-dealkylation sites (tertiary alicyclic amines) is 1. The molecule has 1 fully saturated rings. The van der Waals surface area contributed by atoms with Crippen LogP contribution in [0.2, 0.25) is 0 Å². The van der Waals surface area contributed by atoms with Crippen molar-refractivity contribution in [3.05, 3.63) is 47.7 Å². The summed E-state index contributed by atoms with van der Waals surface area (Å²) in [6, 6.07) is 10.4. The Balaban J connectivity index is 1.55. The van der Waals surface area contributed by atoms with Crippen LogP contribution < -0.4 is 10.6 Å². The first-order valence-electron chi connectivity index (χ1n) is 7.97. The van der Waals surface area contributed by atoms with E-state index in [2.05, 4.69) is 15.8 Å². The van der Waals surface area contributed by atoms with Gasteiger partial charge in [-0.15, -0.1) is 0 Å². The number of nitrogens with zero attached hydrogens (tertiary/aromatic N) is 2. The summed E-state index contributed by atoms with van der Waals surface area (Å²) in [6.45, 7) is 2.96. The highest BCUT2D eigenvalue weighted by Crippen LogP contribution is 2.14. The molecular weight excluding hydrogens is 308 g/mol. The van der Waals surface area contributed by atoms with E-state index < -0.39 is 0 Å². The van der Waals surface area contributed by atoms with E-state index in [-0.39, 0.29) is 18.0 Å². The standard InChI is InChI=1S/C17H20N4O3/c1-12-10-15(20-24-12)19-17(23)18-14-8-5-9-21(11-14)16(22)13-6-3-2-4-7-13/h2-4,6-7,10,14H,5,8-9,11H2,1H3,(H2,18,19,20,23)/t14-/m0/s1. The van der Waals surface area contributed by atoms with Crippen LogP contribution in [-0.2, 0) is 0 Å². The van der Waals surface area contributed by atoms with Crippen molar-refractivity contribution >= 4 is 17.8 Å². The monoisotopic (exact) mass is 328 g/mol. The number of rotatable bonds is 3. The number of aromatic nitrogens is 1. The van der Waals surface area contributed by atoms with Crippen molar-refractivity contribution in [1.82, 2.24) is 15.4 Å². The predicted octanol–water partition coefficient (Wildman–Crippen LogP) is 2.41. The minimum Gasteiger partial charge on any atom is -0.360 e. The fourth-order valence-corrected chi connectivity index (χ4v) is 2.81. The summed E-state index contributed by atoms with van der Waals surface area (Å²) in [5, 5.41) is 9.23. The molecule has 1 saturated heterocycles. The summed E-state index contributed by atoms with van der Waals surface area (Å²) < 4.78 is 4.91. The molecule has 126 valence electrons. The van der Waals surface area contributed by atoms with Gasteiger partial charge in [0.05, 0.1) is 0 Å². The van der Waals surface area contributed by atoms with Crippen molar-refractivity contribution in [3.63, 3.8) is 0 Å². The predicted molar refractivity (Wildman–Crippen MR) is 88.8 cm³/mol. The van der Waals surface area contributed by atoms with E-state index in [0.29, 0.717) is 30.2 Å². The van der Waals surface area contributed by atoms with Crippen LogP contribution >= 0.6 is 0 Å². The topological polar surface area (TPSA) is 87.5 Å². The molecule has 1 aliphatic rings. The van der Waals surface area contributed by atoms with Gasteiger partial charge in [-0.3, -0.25) is 10.1 Å². The molecule has 3 rings (SSSR count). The number of aryl methyl sites for hydroxylation is 1. The normalized spacial score (nSPS) is 17.4. The Morgan fingerprint density at radius 1 is 1.29 bits per heavy atom. The van der Waals surface area contributed by atoms with Crippen LogP contribution in [0.5, 0.6) is 0 Å². The number of piperidine rings is 1. The first kappa shape index (κ1) is 16.0. The van der Waals surface area contributed by atoms with Crippen molar-refractivity contribution < 1.29 is 14.1 Å². The fraction of sp³-hybridized carbons (Fsp3) is 0.353. The zero-order valence-electron chi connectivity index (χ0n) is 13.5. The van der Waals surface area contributed by atoms with Crippen LogP contribution in [0.1, 0.15) is 29.0 Å². The van der Waals surface area contributed by atoms with E-state index in [1.165, 1.54) is 0 Å². The smallest absolute Gasteiger partial charge is 0.320 e. The molecule has 1 atom stereocenters. The zero-order chi connectivity index (χ0) is 16.9. The number of carbonyl (C=O) groups is 2. The number of urea groups is 1. The number of amides is 3. The van der Waals surface area contributed by atoms with E-state index in [0.717, 1.165) is 12.8 Å². The van der Waals surface area contributed by atoms with Crippen LogP contribution in [0.25, 0.3) is 0 Å². The molecular formula is C17H20N4O3. The van der Waals surface area contributed by atoms with Crippen molar-refractivity contribution in [2.75, 3.05) is 18.4 Å². The third kappa shape index (κ3) is 3.92. The highest BCUT2D eigenvalue weighted by molar-refractivity contribution is 5.94. The second-order valence-electron chi connectivity index (χ2n) is 5.88. The van der Waals surface area contributed by atoms with Gasteiger partial charge in [-0.25, -0.2) is 4.79 Å². The van der Waals surface area contributed by atoms with Crippen molar-refractivity contribution in [2.45, 2.75) is 25.8 Å². The van der Waals surface area contributed by atoms with Crippen molar-refractivity contribution in [3.8, 4) is 0 Å². The van der Waals surface area contributed by atoms with Crippen LogP contribution in [0.4, 0.5) is 10.6 Å². The van der Waals surface area contributed by atoms with Gasteiger partial charge in [0.2, 0.25) is 0 Å². The molecule has 1 aromatic carbocycles. The molecule has 0 bridgehead atoms. The van der Waals surface area contributed by atoms with Crippen LogP contribution in [0.3, 0.4) is 0 Å². The highest BCUT2D eigenvalue weighted by Gasteiger charge is 2.25. The molecule has 3 amide bonds. The molecule has 7 heteroatoms. The Kier molecular flexibility index (Phi) is 4.79. The minimum absolute atomic E-state index is 0.00497. The van der Waals surface area contributed by atoms with Crippen LogP contribution in [-0.4, -0.2) is 41.1 Å². The van der Waals surface area contributed by atoms with Gasteiger partial charge >= 0.3 is 6.03 Å². The van der Waals surface area contributed by atoms with Crippen LogP contribution in [0, 0.1) is 6.92 Å². The summed E-state index contributed by atoms with van der Waals surface area (Å²) in [4.78, 5) is 26.3. The summed E-state index contributed by atoms with van der Waals surface area (Å²) in [6.07, 6.45) is 1.69. The second kappa shape index (κ2) is 7.16. The summed E-state index contributed by atoms with van der Waals surface area (Å²) in [5.41, 5.74) is 0.667. The maximum absolute atomic E-state index is 12.5. The van der Waals surface area contributed by atoms with Gasteiger partial charge in [0.15, 0.2) is 5.82 Å². The molecule has 0 spiro atoms. The van der Waals surface area contributed by atoms with Crippen LogP contribution in [0.15, 0.2) is 40.9 Å². The highest BCUT2D eigenvalue weighted by atomic mass is 16.5. The Morgan fingerprint density at radius 3 is 2.79 bits per heavy atom. The molecule has 24 heavy (non-hydrogen) atoms. The summed E-state index contributed by atoms with van der Waals surface area (Å²) >= 11 is 0. The third-order valence-corrected chi connectivity index (χ3v) is 3.93. The van der Waals surface area contributed by atoms with Crippen molar-refractivity contribution in [2.24, 2.45) is 0 Å². The zero-order valence-corrected chi connectivity index (χ0v) is 13.5. The Labute approximate surface area is 140 Å². The first-order chi connectivity index (χ1) is 11.6. The lowest BCUT2D eigenvalue weighted by atomic mass is 10.0. The van der Waals surface area contributed by atoms with E-state index >= 15 is 0 Å². The van der Waals surface area contributed by atoms with E-state index in [9.17, 15) is 9.59 Å². The lowest BCUT2D eigenvalue weighted by Gasteiger charge is -2.33. The van der Waals surface area contributed by atoms with Gasteiger partial charge in [0.1, 0.15) is 5.76 Å². The average Bonchev–Trinajstić information content (AvgIpc) is 3.00. The number of hydrogen-bond acceptors (Lipinski definition) is 4. The molecule has 2 heterocycles. The molecule has 0 aliphatic carbocycles. The first-order valence-corrected chi connectivity index (χ1v) is 7.97. The second-order valence-corrected chi connectivity index (χ2v) is 5.88. The summed E-state index contributed by atoms with van der Waals surface area (Å²) in [5.74, 6) is 0.996. The van der Waals surface area contributed by atoms with Gasteiger partial charge in [0, 0.05) is 30.8 Å². The number of carbonyl (C=O) groups excluding carboxylic acids is 2. The molecule has 2 N–H and O–H groups in total. The fourth-order valence-electron chi connectivity index (χ4n) is 2.81. The van der Waals surface area contributed by atoms with E-state index in [4.69, 9.17) is 4.52 Å². The van der Waals surface area contributed by atoms with Gasteiger partial charge in [0.25, 0.3) is 5.91 Å².